The monoisotopic (exact) mass is 266 g/mol. The molecule has 0 saturated heterocycles. The van der Waals surface area contributed by atoms with Crippen LogP contribution >= 0.6 is 0 Å². The number of carbonyl (C=O) groups excluding carboxylic acids is 1. The van der Waals surface area contributed by atoms with Gasteiger partial charge in [0.1, 0.15) is 0 Å². The van der Waals surface area contributed by atoms with Crippen molar-refractivity contribution in [1.82, 2.24) is 15.3 Å². The lowest BCUT2D eigenvalue weighted by atomic mass is 10.1. The second kappa shape index (κ2) is 6.33. The molecule has 104 valence electrons. The maximum atomic E-state index is 11.6. The lowest BCUT2D eigenvalue weighted by Crippen LogP contribution is -2.35. The van der Waals surface area contributed by atoms with Gasteiger partial charge in [0.25, 0.3) is 0 Å². The van der Waals surface area contributed by atoms with Gasteiger partial charge < -0.3 is 15.2 Å². The van der Waals surface area contributed by atoms with Crippen LogP contribution in [0.1, 0.15) is 19.3 Å². The van der Waals surface area contributed by atoms with Gasteiger partial charge in [-0.15, -0.1) is 0 Å². The first kappa shape index (κ1) is 13.5. The summed E-state index contributed by atoms with van der Waals surface area (Å²) >= 11 is 0. The van der Waals surface area contributed by atoms with Crippen molar-refractivity contribution in [3.63, 3.8) is 0 Å². The van der Waals surface area contributed by atoms with Crippen molar-refractivity contribution < 1.29 is 14.6 Å². The van der Waals surface area contributed by atoms with Crippen LogP contribution < -0.4 is 15.4 Å². The van der Waals surface area contributed by atoms with Gasteiger partial charge in [0.05, 0.1) is 25.6 Å². The molecular weight excluding hydrogens is 248 g/mol. The standard InChI is InChI=1S/C12H18N4O3/c1-19-11-7-13-10(6-14-11)16-12(18)15-5-8-3-2-4-9(8)17/h6-9,17H,2-5H2,1H3,(H2,13,15,16,18)/t8-,9+/m0/s1. The van der Waals surface area contributed by atoms with Crippen molar-refractivity contribution in [1.29, 1.82) is 0 Å². The SMILES string of the molecule is COc1cnc(NC(=O)NC[C@@H]2CCC[C@H]2O)cn1. The molecule has 3 N–H and O–H groups in total. The Morgan fingerprint density at radius 1 is 1.47 bits per heavy atom. The molecule has 1 aliphatic rings. The topological polar surface area (TPSA) is 96.4 Å². The van der Waals surface area contributed by atoms with Crippen molar-refractivity contribution in [2.75, 3.05) is 19.0 Å². The van der Waals surface area contributed by atoms with Crippen LogP contribution in [0.3, 0.4) is 0 Å². The van der Waals surface area contributed by atoms with Gasteiger partial charge in [-0.05, 0) is 12.8 Å². The van der Waals surface area contributed by atoms with E-state index >= 15 is 0 Å². The van der Waals surface area contributed by atoms with E-state index < -0.39 is 0 Å². The number of nitrogens with one attached hydrogen (secondary N) is 2. The maximum absolute atomic E-state index is 11.6. The van der Waals surface area contributed by atoms with E-state index in [1.165, 1.54) is 19.5 Å². The fraction of sp³-hybridized carbons (Fsp3) is 0.583. The smallest absolute Gasteiger partial charge is 0.320 e. The van der Waals surface area contributed by atoms with E-state index in [-0.39, 0.29) is 18.1 Å². The molecule has 1 aliphatic carbocycles. The van der Waals surface area contributed by atoms with Crippen molar-refractivity contribution in [2.24, 2.45) is 5.92 Å². The zero-order valence-corrected chi connectivity index (χ0v) is 10.8. The minimum absolute atomic E-state index is 0.146. The van der Waals surface area contributed by atoms with Crippen LogP contribution in [0.15, 0.2) is 12.4 Å². The van der Waals surface area contributed by atoms with Gasteiger partial charge in [-0.1, -0.05) is 6.42 Å². The summed E-state index contributed by atoms with van der Waals surface area (Å²) in [7, 11) is 1.50. The summed E-state index contributed by atoms with van der Waals surface area (Å²) in [5, 5.41) is 14.9. The van der Waals surface area contributed by atoms with E-state index in [2.05, 4.69) is 20.6 Å². The normalized spacial score (nSPS) is 22.0. The van der Waals surface area contributed by atoms with Gasteiger partial charge >= 0.3 is 6.03 Å². The Bertz CT molecular complexity index is 423. The molecule has 2 atom stereocenters. The number of aromatic nitrogens is 2. The Kier molecular flexibility index (Phi) is 4.51. The van der Waals surface area contributed by atoms with E-state index in [0.717, 1.165) is 19.3 Å². The predicted molar refractivity (Wildman–Crippen MR) is 69.0 cm³/mol. The van der Waals surface area contributed by atoms with Gasteiger partial charge in [-0.3, -0.25) is 5.32 Å². The summed E-state index contributed by atoms with van der Waals surface area (Å²) < 4.78 is 4.87. The number of carbonyl (C=O) groups is 1. The van der Waals surface area contributed by atoms with Gasteiger partial charge in [0, 0.05) is 12.5 Å². The number of methoxy groups -OCH3 is 1. The number of rotatable bonds is 4. The summed E-state index contributed by atoms with van der Waals surface area (Å²) in [5.74, 6) is 0.887. The van der Waals surface area contributed by atoms with Gasteiger partial charge in [0.15, 0.2) is 5.82 Å². The second-order valence-corrected chi connectivity index (χ2v) is 4.54. The molecule has 1 aromatic rings. The maximum Gasteiger partial charge on any atom is 0.320 e. The zero-order chi connectivity index (χ0) is 13.7. The molecule has 0 spiro atoms. The van der Waals surface area contributed by atoms with E-state index in [0.29, 0.717) is 18.2 Å². The van der Waals surface area contributed by atoms with E-state index in [4.69, 9.17) is 4.74 Å². The van der Waals surface area contributed by atoms with Crippen LogP contribution in [-0.2, 0) is 0 Å². The van der Waals surface area contributed by atoms with Crippen LogP contribution in [-0.4, -0.2) is 40.9 Å². The second-order valence-electron chi connectivity index (χ2n) is 4.54. The first-order valence-electron chi connectivity index (χ1n) is 6.28. The Morgan fingerprint density at radius 2 is 2.32 bits per heavy atom. The minimum atomic E-state index is -0.349. The van der Waals surface area contributed by atoms with Gasteiger partial charge in [0.2, 0.25) is 5.88 Å². The molecule has 2 amide bonds. The number of nitrogens with zero attached hydrogens (tertiary/aromatic N) is 2. The number of amides is 2. The van der Waals surface area contributed by atoms with Crippen molar-refractivity contribution in [3.05, 3.63) is 12.4 Å². The molecule has 0 aromatic carbocycles. The Labute approximate surface area is 111 Å². The predicted octanol–water partition coefficient (Wildman–Crippen LogP) is 0.768. The minimum Gasteiger partial charge on any atom is -0.480 e. The summed E-state index contributed by atoms with van der Waals surface area (Å²) in [6.45, 7) is 0.469. The molecule has 0 bridgehead atoms. The van der Waals surface area contributed by atoms with Crippen LogP contribution in [0.2, 0.25) is 0 Å². The number of ether oxygens (including phenoxy) is 1. The third kappa shape index (κ3) is 3.78. The van der Waals surface area contributed by atoms with Gasteiger partial charge in [-0.25, -0.2) is 14.8 Å². The Morgan fingerprint density at radius 3 is 2.89 bits per heavy atom. The number of anilines is 1. The molecule has 7 nitrogen and oxygen atoms in total. The zero-order valence-electron chi connectivity index (χ0n) is 10.8. The molecule has 7 heteroatoms. The number of hydrogen-bond acceptors (Lipinski definition) is 5. The highest BCUT2D eigenvalue weighted by atomic mass is 16.5. The number of urea groups is 1. The molecule has 0 aliphatic heterocycles. The Balaban J connectivity index is 1.77. The van der Waals surface area contributed by atoms with Crippen LogP contribution in [0.5, 0.6) is 5.88 Å². The fourth-order valence-electron chi connectivity index (χ4n) is 2.13. The highest BCUT2D eigenvalue weighted by Gasteiger charge is 2.25. The van der Waals surface area contributed by atoms with E-state index in [1.54, 1.807) is 0 Å². The summed E-state index contributed by atoms with van der Waals surface area (Å²) in [5.41, 5.74) is 0. The summed E-state index contributed by atoms with van der Waals surface area (Å²) in [6.07, 6.45) is 5.32. The molecular formula is C12H18N4O3. The quantitative estimate of drug-likeness (QED) is 0.748. The molecule has 2 rings (SSSR count). The van der Waals surface area contributed by atoms with Crippen LogP contribution in [0.25, 0.3) is 0 Å². The lowest BCUT2D eigenvalue weighted by molar-refractivity contribution is 0.133. The number of hydrogen-bond donors (Lipinski definition) is 3. The van der Waals surface area contributed by atoms with Crippen molar-refractivity contribution >= 4 is 11.8 Å². The van der Waals surface area contributed by atoms with Crippen LogP contribution in [0.4, 0.5) is 10.6 Å². The number of aliphatic hydroxyl groups is 1. The Hall–Kier alpha value is -1.89. The fourth-order valence-corrected chi connectivity index (χ4v) is 2.13. The first-order valence-corrected chi connectivity index (χ1v) is 6.28. The highest BCUT2D eigenvalue weighted by Crippen LogP contribution is 2.24. The molecule has 1 aromatic heterocycles. The average molecular weight is 266 g/mol. The summed E-state index contributed by atoms with van der Waals surface area (Å²) in [4.78, 5) is 19.5. The third-order valence-electron chi connectivity index (χ3n) is 3.22. The molecule has 1 heterocycles. The number of aliphatic hydroxyl groups excluding tert-OH is 1. The van der Waals surface area contributed by atoms with Crippen molar-refractivity contribution in [2.45, 2.75) is 25.4 Å². The molecule has 0 radical (unpaired) electrons. The molecule has 0 unspecified atom stereocenters. The van der Waals surface area contributed by atoms with E-state index in [1.807, 2.05) is 0 Å². The summed E-state index contributed by atoms with van der Waals surface area (Å²) in [6, 6.07) is -0.349. The third-order valence-corrected chi connectivity index (χ3v) is 3.22. The van der Waals surface area contributed by atoms with Gasteiger partial charge in [-0.2, -0.15) is 0 Å². The first-order chi connectivity index (χ1) is 9.19. The van der Waals surface area contributed by atoms with Crippen molar-refractivity contribution in [3.8, 4) is 5.88 Å². The molecule has 1 saturated carbocycles. The molecule has 19 heavy (non-hydrogen) atoms. The molecule has 1 fully saturated rings. The van der Waals surface area contributed by atoms with Crippen LogP contribution in [0, 0.1) is 5.92 Å². The van der Waals surface area contributed by atoms with E-state index in [9.17, 15) is 9.90 Å². The highest BCUT2D eigenvalue weighted by molar-refractivity contribution is 5.87. The lowest BCUT2D eigenvalue weighted by Gasteiger charge is -2.15. The average Bonchev–Trinajstić information content (AvgIpc) is 2.83. The largest absolute Gasteiger partial charge is 0.480 e.